The van der Waals surface area contributed by atoms with Gasteiger partial charge in [0.05, 0.1) is 0 Å². The predicted molar refractivity (Wildman–Crippen MR) is 209 cm³/mol. The summed E-state index contributed by atoms with van der Waals surface area (Å²) in [4.78, 5) is 85.8. The first-order chi connectivity index (χ1) is 29.6. The summed E-state index contributed by atoms with van der Waals surface area (Å²) in [6, 6.07) is 17.5. The molecule has 0 bridgehead atoms. The van der Waals surface area contributed by atoms with Crippen molar-refractivity contribution in [2.45, 2.75) is 29.9 Å². The van der Waals surface area contributed by atoms with E-state index in [1.165, 1.54) is 23.8 Å². The first kappa shape index (κ1) is 49.2. The number of nitrogens with one attached hydrogen (secondary N) is 1. The van der Waals surface area contributed by atoms with Crippen molar-refractivity contribution < 1.29 is 79.6 Å². The lowest BCUT2D eigenvalue weighted by Gasteiger charge is -2.49. The first-order valence-electron chi connectivity index (χ1n) is 17.8. The predicted octanol–water partition coefficient (Wildman–Crippen LogP) is 3.11. The number of anilines is 1. The SMILES string of the molecule is CON=C(C(=O)NC1C(=O)N2C(C(=O)OC(c3ccccc3)c3ccccc3)=C(COC(=O)N3CCN(C)CC3)CS[C@@H]12)c1nsc(N)n1.O=C(O)C(F)(F)F.O=C(O)C(F)(F)F. The molecule has 6 rings (SSSR count). The van der Waals surface area contributed by atoms with Gasteiger partial charge in [-0.15, -0.1) is 11.8 Å². The third-order valence-corrected chi connectivity index (χ3v) is 10.5. The molecule has 2 saturated heterocycles. The number of hydrogen-bond donors (Lipinski definition) is 4. The number of nitrogens with two attached hydrogens (primary N) is 1. The number of fused-ring (bicyclic) bond motifs is 1. The van der Waals surface area contributed by atoms with Crippen molar-refractivity contribution in [3.63, 3.8) is 0 Å². The highest BCUT2D eigenvalue weighted by Gasteiger charge is 2.55. The smallest absolute Gasteiger partial charge is 0.475 e. The molecule has 2 aromatic carbocycles. The fraction of sp³-hybridized carbons (Fsp3) is 0.361. The summed E-state index contributed by atoms with van der Waals surface area (Å²) in [6.45, 7) is 2.23. The molecule has 1 aromatic heterocycles. The molecule has 0 spiro atoms. The Morgan fingerprint density at radius 3 is 1.90 bits per heavy atom. The van der Waals surface area contributed by atoms with Gasteiger partial charge in [-0.05, 0) is 18.2 Å². The van der Waals surface area contributed by atoms with Crippen LogP contribution < -0.4 is 11.1 Å². The van der Waals surface area contributed by atoms with Crippen LogP contribution >= 0.6 is 23.3 Å². The summed E-state index contributed by atoms with van der Waals surface area (Å²) >= 11 is 2.19. The number of rotatable bonds is 10. The first-order valence-corrected chi connectivity index (χ1v) is 19.7. The van der Waals surface area contributed by atoms with E-state index in [0.29, 0.717) is 31.8 Å². The number of carbonyl (C=O) groups excluding carboxylic acids is 4. The van der Waals surface area contributed by atoms with E-state index in [1.807, 2.05) is 67.7 Å². The van der Waals surface area contributed by atoms with Gasteiger partial charge in [0.15, 0.2) is 11.2 Å². The van der Waals surface area contributed by atoms with Crippen molar-refractivity contribution >= 4 is 70.0 Å². The highest BCUT2D eigenvalue weighted by atomic mass is 32.2. The number of carbonyl (C=O) groups is 6. The Balaban J connectivity index is 0.000000537. The Labute approximate surface area is 360 Å². The maximum atomic E-state index is 14.2. The maximum absolute atomic E-state index is 14.2. The van der Waals surface area contributed by atoms with Crippen LogP contribution in [0.1, 0.15) is 23.1 Å². The zero-order chi connectivity index (χ0) is 46.6. The topological polar surface area (TPSA) is 256 Å². The molecule has 5 N–H and O–H groups in total. The number of esters is 1. The zero-order valence-corrected chi connectivity index (χ0v) is 34.3. The van der Waals surface area contributed by atoms with Gasteiger partial charge in [0.25, 0.3) is 11.8 Å². The molecule has 27 heteroatoms. The summed E-state index contributed by atoms with van der Waals surface area (Å²) in [7, 11) is 3.24. The number of nitrogen functional groups attached to an aromatic ring is 1. The minimum absolute atomic E-state index is 0.0259. The quantitative estimate of drug-likeness (QED) is 0.0749. The lowest BCUT2D eigenvalue weighted by atomic mass is 10.0. The van der Waals surface area contributed by atoms with E-state index < -0.39 is 65.7 Å². The van der Waals surface area contributed by atoms with Crippen LogP contribution in [0.15, 0.2) is 77.1 Å². The van der Waals surface area contributed by atoms with Gasteiger partial charge in [-0.2, -0.15) is 35.7 Å². The number of amides is 3. The molecule has 3 aromatic rings. The molecule has 3 aliphatic rings. The molecule has 19 nitrogen and oxygen atoms in total. The number of carboxylic acids is 2. The zero-order valence-electron chi connectivity index (χ0n) is 32.7. The van der Waals surface area contributed by atoms with Gasteiger partial charge in [0, 0.05) is 49.0 Å². The maximum Gasteiger partial charge on any atom is 0.490 e. The number of benzene rings is 2. The van der Waals surface area contributed by atoms with Crippen LogP contribution in [0.3, 0.4) is 0 Å². The minimum atomic E-state index is -5.08. The number of thioether (sulfide) groups is 1. The van der Waals surface area contributed by atoms with E-state index in [-0.39, 0.29) is 34.7 Å². The number of β-lactam (4-membered cyclic amide) rings is 1. The fourth-order valence-electron chi connectivity index (χ4n) is 5.58. The Bertz CT molecular complexity index is 2130. The van der Waals surface area contributed by atoms with Gasteiger partial charge >= 0.3 is 36.4 Å². The molecule has 3 amide bonds. The number of alkyl halides is 6. The molecule has 2 fully saturated rings. The third-order valence-electron chi connectivity index (χ3n) is 8.62. The van der Waals surface area contributed by atoms with Crippen LogP contribution in [-0.2, 0) is 38.3 Å². The molecular formula is C36H36F6N8O11S2. The van der Waals surface area contributed by atoms with Gasteiger partial charge < -0.3 is 45.4 Å². The van der Waals surface area contributed by atoms with E-state index in [0.717, 1.165) is 22.7 Å². The number of carboxylic acid groups (broad SMARTS) is 2. The van der Waals surface area contributed by atoms with E-state index >= 15 is 0 Å². The van der Waals surface area contributed by atoms with Crippen molar-refractivity contribution in [2.24, 2.45) is 5.16 Å². The average Bonchev–Trinajstić information content (AvgIpc) is 3.68. The third kappa shape index (κ3) is 13.3. The molecule has 1 unspecified atom stereocenters. The lowest BCUT2D eigenvalue weighted by molar-refractivity contribution is -0.193. The number of likely N-dealkylation sites (N-methyl/N-ethyl adjacent to an activating group) is 1. The van der Waals surface area contributed by atoms with Crippen LogP contribution in [0, 0.1) is 0 Å². The number of oxime groups is 1. The number of ether oxygens (including phenoxy) is 2. The number of piperazine rings is 1. The highest BCUT2D eigenvalue weighted by Crippen LogP contribution is 2.42. The van der Waals surface area contributed by atoms with Crippen LogP contribution in [0.4, 0.5) is 36.3 Å². The molecule has 340 valence electrons. The number of halogens is 6. The van der Waals surface area contributed by atoms with Crippen molar-refractivity contribution in [1.82, 2.24) is 29.4 Å². The number of aromatic nitrogens is 2. The molecule has 0 saturated carbocycles. The molecular weight excluding hydrogens is 899 g/mol. The molecule has 63 heavy (non-hydrogen) atoms. The Hall–Kier alpha value is -6.48. The summed E-state index contributed by atoms with van der Waals surface area (Å²) in [5, 5.41) is 20.1. The second kappa shape index (κ2) is 21.5. The van der Waals surface area contributed by atoms with Crippen LogP contribution in [0.25, 0.3) is 0 Å². The van der Waals surface area contributed by atoms with E-state index in [9.17, 15) is 45.5 Å². The van der Waals surface area contributed by atoms with Crippen LogP contribution in [-0.4, -0.2) is 152 Å². The summed E-state index contributed by atoms with van der Waals surface area (Å²) in [5.41, 5.74) is 7.27. The largest absolute Gasteiger partial charge is 0.490 e. The van der Waals surface area contributed by atoms with E-state index in [2.05, 4.69) is 24.7 Å². The van der Waals surface area contributed by atoms with Gasteiger partial charge in [0.2, 0.25) is 11.5 Å². The van der Waals surface area contributed by atoms with Gasteiger partial charge in [0.1, 0.15) is 30.8 Å². The molecule has 3 aliphatic heterocycles. The summed E-state index contributed by atoms with van der Waals surface area (Å²) in [6.07, 6.45) is -11.5. The van der Waals surface area contributed by atoms with Crippen molar-refractivity contribution in [3.8, 4) is 0 Å². The van der Waals surface area contributed by atoms with Crippen LogP contribution in [0.2, 0.25) is 0 Å². The van der Waals surface area contributed by atoms with E-state index in [1.54, 1.807) is 4.90 Å². The fourth-order valence-corrected chi connectivity index (χ4v) is 7.34. The summed E-state index contributed by atoms with van der Waals surface area (Å²) in [5.74, 6) is -7.42. The highest BCUT2D eigenvalue weighted by molar-refractivity contribution is 8.00. The molecule has 2 atom stereocenters. The number of aliphatic carboxylic acids is 2. The Morgan fingerprint density at radius 2 is 1.44 bits per heavy atom. The summed E-state index contributed by atoms with van der Waals surface area (Å²) < 4.78 is 79.3. The Morgan fingerprint density at radius 1 is 0.921 bits per heavy atom. The van der Waals surface area contributed by atoms with E-state index in [4.69, 9.17) is 39.8 Å². The second-order valence-corrected chi connectivity index (χ2v) is 14.8. The lowest BCUT2D eigenvalue weighted by Crippen LogP contribution is -2.71. The molecule has 0 aliphatic carbocycles. The van der Waals surface area contributed by atoms with Crippen molar-refractivity contribution in [3.05, 3.63) is 88.9 Å². The average molecular weight is 935 g/mol. The normalized spacial score (nSPS) is 17.8. The van der Waals surface area contributed by atoms with Crippen LogP contribution in [0.5, 0.6) is 0 Å². The van der Waals surface area contributed by atoms with Gasteiger partial charge in [-0.25, -0.2) is 19.2 Å². The monoisotopic (exact) mass is 934 g/mol. The van der Waals surface area contributed by atoms with Crippen molar-refractivity contribution in [2.75, 3.05) is 58.4 Å². The number of nitrogens with zero attached hydrogens (tertiary/aromatic N) is 6. The van der Waals surface area contributed by atoms with Crippen molar-refractivity contribution in [1.29, 1.82) is 0 Å². The minimum Gasteiger partial charge on any atom is -0.475 e. The van der Waals surface area contributed by atoms with Gasteiger partial charge in [-0.3, -0.25) is 14.5 Å². The van der Waals surface area contributed by atoms with Gasteiger partial charge in [-0.1, -0.05) is 65.8 Å². The Kier molecular flexibility index (Phi) is 16.8. The number of hydrogen-bond acceptors (Lipinski definition) is 16. The molecule has 0 radical (unpaired) electrons. The second-order valence-electron chi connectivity index (χ2n) is 12.9. The molecule has 4 heterocycles. The standard InChI is InChI=1S/C32H34N8O7S2.2C2HF3O2/c1-38-13-15-39(16-14-38)32(44)46-17-21-18-48-29-23(34-27(41)22(36-45-2)26-35-31(33)49-37-26)28(42)40(29)24(21)30(43)47-25(19-9-5-3-6-10-19)20-11-7-4-8-12-20;2*3-2(4,5)1(6)7/h3-12,23,25,29H,13-18H2,1-2H3,(H,34,41)(H2,33,35,37);2*(H,6,7)/t23?,29-;;/m0../s1.